The normalized spacial score (nSPS) is 17.6. The number of carbonyl (C=O) groups is 1. The summed E-state index contributed by atoms with van der Waals surface area (Å²) in [6.07, 6.45) is 5.53. The van der Waals surface area contributed by atoms with Crippen LogP contribution in [-0.2, 0) is 4.79 Å². The Kier molecular flexibility index (Phi) is 7.29. The molecule has 2 aliphatic rings. The zero-order valence-corrected chi connectivity index (χ0v) is 18.0. The number of amides is 1. The lowest BCUT2D eigenvalue weighted by atomic mass is 9.96. The van der Waals surface area contributed by atoms with Crippen LogP contribution in [0.1, 0.15) is 12.8 Å². The van der Waals surface area contributed by atoms with Gasteiger partial charge in [0.1, 0.15) is 12.4 Å². The average molecular weight is 428 g/mol. The highest BCUT2D eigenvalue weighted by atomic mass is 32.2. The van der Waals surface area contributed by atoms with Crippen molar-refractivity contribution >= 4 is 29.3 Å². The molecule has 7 nitrogen and oxygen atoms in total. The van der Waals surface area contributed by atoms with Gasteiger partial charge >= 0.3 is 0 Å². The highest BCUT2D eigenvalue weighted by Gasteiger charge is 2.25. The van der Waals surface area contributed by atoms with Crippen LogP contribution in [0.4, 0.5) is 11.6 Å². The largest absolute Gasteiger partial charge is 0.492 e. The van der Waals surface area contributed by atoms with Crippen LogP contribution in [0.15, 0.2) is 42.7 Å². The molecule has 1 aromatic carbocycles. The van der Waals surface area contributed by atoms with Gasteiger partial charge in [-0.2, -0.15) is 11.8 Å². The van der Waals surface area contributed by atoms with Crippen LogP contribution >= 0.6 is 11.8 Å². The molecule has 30 heavy (non-hydrogen) atoms. The molecule has 1 amide bonds. The van der Waals surface area contributed by atoms with Gasteiger partial charge in [-0.15, -0.1) is 0 Å². The first kappa shape index (κ1) is 20.8. The van der Waals surface area contributed by atoms with Gasteiger partial charge in [-0.1, -0.05) is 18.2 Å². The summed E-state index contributed by atoms with van der Waals surface area (Å²) in [5.74, 6) is 4.11. The molecule has 0 unspecified atom stereocenters. The number of carbonyl (C=O) groups excluding carboxylic acids is 1. The first-order valence-electron chi connectivity index (χ1n) is 10.6. The van der Waals surface area contributed by atoms with E-state index in [0.717, 1.165) is 67.9 Å². The number of hydrogen-bond donors (Lipinski definition) is 1. The molecular weight excluding hydrogens is 398 g/mol. The summed E-state index contributed by atoms with van der Waals surface area (Å²) in [6.45, 7) is 4.73. The van der Waals surface area contributed by atoms with Crippen molar-refractivity contribution in [2.45, 2.75) is 12.8 Å². The number of aromatic nitrogens is 2. The number of nitrogens with one attached hydrogen (secondary N) is 1. The average Bonchev–Trinajstić information content (AvgIpc) is 2.83. The van der Waals surface area contributed by atoms with E-state index in [9.17, 15) is 4.79 Å². The SMILES string of the molecule is O=C(NCCOc1ccccc1)C1CCN(c2cnc(N3CCSCC3)nc2)CC1. The molecule has 4 rings (SSSR count). The predicted molar refractivity (Wildman–Crippen MR) is 121 cm³/mol. The Morgan fingerprint density at radius 2 is 1.73 bits per heavy atom. The molecule has 2 aliphatic heterocycles. The van der Waals surface area contributed by atoms with Crippen LogP contribution in [0, 0.1) is 5.92 Å². The molecule has 2 aromatic rings. The number of thioether (sulfide) groups is 1. The lowest BCUT2D eigenvalue weighted by Crippen LogP contribution is -2.41. The van der Waals surface area contributed by atoms with Crippen molar-refractivity contribution < 1.29 is 9.53 Å². The van der Waals surface area contributed by atoms with Gasteiger partial charge in [-0.3, -0.25) is 4.79 Å². The first-order chi connectivity index (χ1) is 14.8. The maximum absolute atomic E-state index is 12.5. The van der Waals surface area contributed by atoms with Gasteiger partial charge < -0.3 is 19.9 Å². The Bertz CT molecular complexity index is 791. The van der Waals surface area contributed by atoms with Crippen LogP contribution in [-0.4, -0.2) is 66.7 Å². The smallest absolute Gasteiger partial charge is 0.225 e. The van der Waals surface area contributed by atoms with E-state index < -0.39 is 0 Å². The van der Waals surface area contributed by atoms with Crippen molar-refractivity contribution in [3.63, 3.8) is 0 Å². The highest BCUT2D eigenvalue weighted by molar-refractivity contribution is 7.99. The third-order valence-electron chi connectivity index (χ3n) is 5.56. The topological polar surface area (TPSA) is 70.6 Å². The van der Waals surface area contributed by atoms with E-state index >= 15 is 0 Å². The Labute approximate surface area is 182 Å². The molecular formula is C22H29N5O2S. The summed E-state index contributed by atoms with van der Waals surface area (Å²) >= 11 is 1.98. The van der Waals surface area contributed by atoms with Gasteiger partial charge in [-0.05, 0) is 25.0 Å². The van der Waals surface area contributed by atoms with E-state index in [2.05, 4.69) is 25.1 Å². The zero-order valence-electron chi connectivity index (χ0n) is 17.2. The van der Waals surface area contributed by atoms with Crippen molar-refractivity contribution in [1.29, 1.82) is 0 Å². The quantitative estimate of drug-likeness (QED) is 0.681. The summed E-state index contributed by atoms with van der Waals surface area (Å²) in [5.41, 5.74) is 1.04. The molecule has 8 heteroatoms. The molecule has 0 aliphatic carbocycles. The maximum atomic E-state index is 12.5. The van der Waals surface area contributed by atoms with Crippen LogP contribution < -0.4 is 19.9 Å². The minimum Gasteiger partial charge on any atom is -0.492 e. The van der Waals surface area contributed by atoms with Gasteiger partial charge in [0.05, 0.1) is 24.6 Å². The molecule has 2 fully saturated rings. The lowest BCUT2D eigenvalue weighted by Gasteiger charge is -2.33. The van der Waals surface area contributed by atoms with Crippen LogP contribution in [0.5, 0.6) is 5.75 Å². The second kappa shape index (κ2) is 10.5. The summed E-state index contributed by atoms with van der Waals surface area (Å²) in [5, 5.41) is 3.01. The summed E-state index contributed by atoms with van der Waals surface area (Å²) in [4.78, 5) is 26.1. The van der Waals surface area contributed by atoms with Crippen molar-refractivity contribution in [1.82, 2.24) is 15.3 Å². The van der Waals surface area contributed by atoms with Crippen LogP contribution in [0.3, 0.4) is 0 Å². The van der Waals surface area contributed by atoms with Crippen molar-refractivity contribution in [2.24, 2.45) is 5.92 Å². The number of benzene rings is 1. The fourth-order valence-electron chi connectivity index (χ4n) is 3.81. The van der Waals surface area contributed by atoms with E-state index in [1.807, 2.05) is 54.5 Å². The molecule has 3 heterocycles. The Balaban J connectivity index is 1.18. The molecule has 160 valence electrons. The Morgan fingerprint density at radius 1 is 1.03 bits per heavy atom. The zero-order chi connectivity index (χ0) is 20.6. The summed E-state index contributed by atoms with van der Waals surface area (Å²) in [6, 6.07) is 9.66. The molecule has 1 N–H and O–H groups in total. The van der Waals surface area contributed by atoms with Crippen LogP contribution in [0.25, 0.3) is 0 Å². The summed E-state index contributed by atoms with van der Waals surface area (Å²) in [7, 11) is 0. The van der Waals surface area contributed by atoms with Crippen molar-refractivity contribution in [3.8, 4) is 5.75 Å². The van der Waals surface area contributed by atoms with Gasteiger partial charge in [0, 0.05) is 43.6 Å². The van der Waals surface area contributed by atoms with E-state index in [1.54, 1.807) is 0 Å². The second-order valence-electron chi connectivity index (χ2n) is 7.55. The number of piperidine rings is 1. The highest BCUT2D eigenvalue weighted by Crippen LogP contribution is 2.24. The lowest BCUT2D eigenvalue weighted by molar-refractivity contribution is -0.125. The van der Waals surface area contributed by atoms with Crippen molar-refractivity contribution in [3.05, 3.63) is 42.7 Å². The number of hydrogen-bond acceptors (Lipinski definition) is 7. The second-order valence-corrected chi connectivity index (χ2v) is 8.78. The molecule has 0 atom stereocenters. The molecule has 0 saturated carbocycles. The van der Waals surface area contributed by atoms with E-state index in [-0.39, 0.29) is 11.8 Å². The molecule has 2 saturated heterocycles. The number of nitrogens with zero attached hydrogens (tertiary/aromatic N) is 4. The standard InChI is InChI=1S/C22H29N5O2S/c28-21(23-8-13-29-20-4-2-1-3-5-20)18-6-9-26(10-7-18)19-16-24-22(25-17-19)27-11-14-30-15-12-27/h1-5,16-18H,6-15H2,(H,23,28). The van der Waals surface area contributed by atoms with Gasteiger partial charge in [-0.25, -0.2) is 9.97 Å². The number of rotatable bonds is 7. The molecule has 0 radical (unpaired) electrons. The minimum atomic E-state index is 0.0593. The Hall–Kier alpha value is -2.48. The third-order valence-corrected chi connectivity index (χ3v) is 6.51. The number of ether oxygens (including phenoxy) is 1. The van der Waals surface area contributed by atoms with E-state index in [1.165, 1.54) is 0 Å². The minimum absolute atomic E-state index is 0.0593. The summed E-state index contributed by atoms with van der Waals surface area (Å²) < 4.78 is 5.63. The first-order valence-corrected chi connectivity index (χ1v) is 11.8. The Morgan fingerprint density at radius 3 is 2.43 bits per heavy atom. The molecule has 0 bridgehead atoms. The number of para-hydroxylation sites is 1. The predicted octanol–water partition coefficient (Wildman–Crippen LogP) is 2.44. The monoisotopic (exact) mass is 427 g/mol. The van der Waals surface area contributed by atoms with Gasteiger partial charge in [0.25, 0.3) is 0 Å². The number of anilines is 2. The fourth-order valence-corrected chi connectivity index (χ4v) is 4.71. The van der Waals surface area contributed by atoms with Crippen molar-refractivity contribution in [2.75, 3.05) is 60.6 Å². The third kappa shape index (κ3) is 5.56. The van der Waals surface area contributed by atoms with E-state index in [0.29, 0.717) is 13.2 Å². The van der Waals surface area contributed by atoms with Gasteiger partial charge in [0.2, 0.25) is 11.9 Å². The maximum Gasteiger partial charge on any atom is 0.225 e. The van der Waals surface area contributed by atoms with Crippen LogP contribution in [0.2, 0.25) is 0 Å². The van der Waals surface area contributed by atoms with E-state index in [4.69, 9.17) is 4.74 Å². The van der Waals surface area contributed by atoms with Gasteiger partial charge in [0.15, 0.2) is 0 Å². The fraction of sp³-hybridized carbons (Fsp3) is 0.500. The molecule has 1 aromatic heterocycles. The molecule has 0 spiro atoms.